The number of nitrogens with one attached hydrogen (secondary N) is 1. The molecule has 0 bridgehead atoms. The second-order valence-corrected chi connectivity index (χ2v) is 3.64. The Morgan fingerprint density at radius 2 is 2.25 bits per heavy atom. The van der Waals surface area contributed by atoms with Crippen LogP contribution in [0.5, 0.6) is 0 Å². The van der Waals surface area contributed by atoms with Gasteiger partial charge in [-0.05, 0) is 12.1 Å². The fourth-order valence-electron chi connectivity index (χ4n) is 0.615. The first-order valence-corrected chi connectivity index (χ1v) is 4.82. The Bertz CT molecular complexity index is 378. The van der Waals surface area contributed by atoms with Crippen molar-refractivity contribution in [1.29, 1.82) is 0 Å². The molecule has 1 heterocycles. The Hall–Kier alpha value is -0.850. The molecular formula is C5H6ClN3O2S. The van der Waals surface area contributed by atoms with Crippen LogP contribution >= 0.6 is 11.6 Å². The zero-order chi connectivity index (χ0) is 9.19. The molecule has 0 radical (unpaired) electrons. The average molecular weight is 208 g/mol. The van der Waals surface area contributed by atoms with E-state index in [-0.39, 0.29) is 10.8 Å². The first kappa shape index (κ1) is 9.24. The molecular weight excluding hydrogens is 202 g/mol. The lowest BCUT2D eigenvalue weighted by Gasteiger charge is -2.03. The maximum atomic E-state index is 10.5. The van der Waals surface area contributed by atoms with E-state index in [1.807, 2.05) is 4.72 Å². The smallest absolute Gasteiger partial charge is 0.268 e. The first-order valence-electron chi connectivity index (χ1n) is 2.90. The van der Waals surface area contributed by atoms with Crippen molar-refractivity contribution in [3.8, 4) is 0 Å². The first-order chi connectivity index (χ1) is 5.49. The molecule has 1 aromatic heterocycles. The molecule has 12 heavy (non-hydrogen) atoms. The van der Waals surface area contributed by atoms with Gasteiger partial charge in [0.2, 0.25) is 0 Å². The van der Waals surface area contributed by atoms with E-state index in [0.717, 1.165) is 0 Å². The number of rotatable bonds is 2. The van der Waals surface area contributed by atoms with Gasteiger partial charge in [-0.3, -0.25) is 4.72 Å². The van der Waals surface area contributed by atoms with E-state index < -0.39 is 10.2 Å². The quantitative estimate of drug-likeness (QED) is 0.687. The lowest BCUT2D eigenvalue weighted by atomic mass is 10.4. The van der Waals surface area contributed by atoms with Crippen LogP contribution in [0.25, 0.3) is 0 Å². The predicted molar refractivity (Wildman–Crippen MR) is 46.0 cm³/mol. The van der Waals surface area contributed by atoms with Gasteiger partial charge in [0.15, 0.2) is 5.15 Å². The summed E-state index contributed by atoms with van der Waals surface area (Å²) in [5.41, 5.74) is 0.168. The van der Waals surface area contributed by atoms with Crippen LogP contribution in [0.3, 0.4) is 0 Å². The molecule has 7 heteroatoms. The Morgan fingerprint density at radius 3 is 2.75 bits per heavy atom. The summed E-state index contributed by atoms with van der Waals surface area (Å²) in [5.74, 6) is 0. The van der Waals surface area contributed by atoms with Crippen molar-refractivity contribution in [3.05, 3.63) is 23.5 Å². The molecule has 0 aliphatic heterocycles. The molecule has 0 aromatic carbocycles. The Kier molecular flexibility index (Phi) is 2.51. The van der Waals surface area contributed by atoms with Gasteiger partial charge in [-0.2, -0.15) is 8.42 Å². The van der Waals surface area contributed by atoms with Gasteiger partial charge in [-0.15, -0.1) is 0 Å². The molecule has 0 atom stereocenters. The molecule has 5 nitrogen and oxygen atoms in total. The van der Waals surface area contributed by atoms with Crippen molar-refractivity contribution in [2.24, 2.45) is 5.14 Å². The minimum Gasteiger partial charge on any atom is -0.268 e. The third-order valence-corrected chi connectivity index (χ3v) is 1.82. The van der Waals surface area contributed by atoms with Crippen molar-refractivity contribution in [2.45, 2.75) is 0 Å². The molecule has 3 N–H and O–H groups in total. The van der Waals surface area contributed by atoms with Gasteiger partial charge in [0.1, 0.15) is 0 Å². The Labute approximate surface area is 74.7 Å². The zero-order valence-electron chi connectivity index (χ0n) is 5.86. The van der Waals surface area contributed by atoms with E-state index in [1.165, 1.54) is 12.3 Å². The van der Waals surface area contributed by atoms with Gasteiger partial charge >= 0.3 is 0 Å². The molecule has 0 saturated carbocycles. The van der Waals surface area contributed by atoms with E-state index >= 15 is 0 Å². The van der Waals surface area contributed by atoms with Crippen molar-refractivity contribution in [3.63, 3.8) is 0 Å². The maximum absolute atomic E-state index is 10.5. The number of pyridine rings is 1. The topological polar surface area (TPSA) is 85.1 Å². The van der Waals surface area contributed by atoms with Gasteiger partial charge in [0, 0.05) is 6.20 Å². The summed E-state index contributed by atoms with van der Waals surface area (Å²) < 4.78 is 23.1. The molecule has 0 aliphatic carbocycles. The standard InChI is InChI=1S/C5H6ClN3O2S/c6-5-4(2-1-3-8-5)9-12(7,10)11/h1-3,9H,(H2,7,10,11). The van der Waals surface area contributed by atoms with Gasteiger partial charge in [-0.1, -0.05) is 11.6 Å². The lowest BCUT2D eigenvalue weighted by molar-refractivity contribution is 0.603. The fraction of sp³-hybridized carbons (Fsp3) is 0. The van der Waals surface area contributed by atoms with E-state index in [9.17, 15) is 8.42 Å². The second kappa shape index (κ2) is 3.26. The summed E-state index contributed by atoms with van der Waals surface area (Å²) in [5, 5.41) is 4.77. The van der Waals surface area contributed by atoms with E-state index in [2.05, 4.69) is 4.98 Å². The maximum Gasteiger partial charge on any atom is 0.296 e. The summed E-state index contributed by atoms with van der Waals surface area (Å²) in [6.45, 7) is 0. The number of nitrogens with zero attached hydrogens (tertiary/aromatic N) is 1. The highest BCUT2D eigenvalue weighted by atomic mass is 35.5. The van der Waals surface area contributed by atoms with Crippen LogP contribution in [0, 0.1) is 0 Å². The molecule has 0 spiro atoms. The summed E-state index contributed by atoms with van der Waals surface area (Å²) in [4.78, 5) is 3.65. The summed E-state index contributed by atoms with van der Waals surface area (Å²) in [6.07, 6.45) is 1.44. The molecule has 1 rings (SSSR count). The fourth-order valence-corrected chi connectivity index (χ4v) is 1.31. The van der Waals surface area contributed by atoms with Crippen LogP contribution in [0.15, 0.2) is 18.3 Å². The summed E-state index contributed by atoms with van der Waals surface area (Å²) >= 11 is 5.54. The van der Waals surface area contributed by atoms with Crippen molar-refractivity contribution in [1.82, 2.24) is 4.98 Å². The van der Waals surface area contributed by atoms with E-state index in [1.54, 1.807) is 6.07 Å². The van der Waals surface area contributed by atoms with Gasteiger partial charge in [-0.25, -0.2) is 10.1 Å². The minimum atomic E-state index is -3.77. The number of halogens is 1. The normalized spacial score (nSPS) is 11.2. The SMILES string of the molecule is NS(=O)(=O)Nc1cccnc1Cl. The number of hydrogen-bond acceptors (Lipinski definition) is 3. The number of hydrogen-bond donors (Lipinski definition) is 2. The van der Waals surface area contributed by atoms with Gasteiger partial charge in [0.25, 0.3) is 10.2 Å². The molecule has 0 saturated heterocycles. The number of nitrogens with two attached hydrogens (primary N) is 1. The highest BCUT2D eigenvalue weighted by molar-refractivity contribution is 7.90. The van der Waals surface area contributed by atoms with E-state index in [4.69, 9.17) is 16.7 Å². The van der Waals surface area contributed by atoms with Crippen LogP contribution in [-0.4, -0.2) is 13.4 Å². The second-order valence-electron chi connectivity index (χ2n) is 1.99. The molecule has 0 fully saturated rings. The molecule has 0 aliphatic rings. The van der Waals surface area contributed by atoms with Crippen molar-refractivity contribution < 1.29 is 8.42 Å². The van der Waals surface area contributed by atoms with Crippen LogP contribution in [0.4, 0.5) is 5.69 Å². The number of aromatic nitrogens is 1. The summed E-state index contributed by atoms with van der Waals surface area (Å²) in [7, 11) is -3.77. The van der Waals surface area contributed by atoms with Crippen LogP contribution in [-0.2, 0) is 10.2 Å². The number of anilines is 1. The van der Waals surface area contributed by atoms with Crippen LogP contribution in [0.2, 0.25) is 5.15 Å². The monoisotopic (exact) mass is 207 g/mol. The van der Waals surface area contributed by atoms with Crippen molar-refractivity contribution in [2.75, 3.05) is 4.72 Å². The van der Waals surface area contributed by atoms with Crippen molar-refractivity contribution >= 4 is 27.5 Å². The summed E-state index contributed by atoms with van der Waals surface area (Å²) in [6, 6.07) is 3.00. The molecule has 0 unspecified atom stereocenters. The largest absolute Gasteiger partial charge is 0.296 e. The molecule has 66 valence electrons. The van der Waals surface area contributed by atoms with Crippen LogP contribution in [0.1, 0.15) is 0 Å². The Morgan fingerprint density at radius 1 is 1.58 bits per heavy atom. The highest BCUT2D eigenvalue weighted by Crippen LogP contribution is 2.17. The predicted octanol–water partition coefficient (Wildman–Crippen LogP) is 0.350. The van der Waals surface area contributed by atoms with Crippen LogP contribution < -0.4 is 9.86 Å². The third-order valence-electron chi connectivity index (χ3n) is 1.01. The zero-order valence-corrected chi connectivity index (χ0v) is 7.43. The minimum absolute atomic E-state index is 0.0616. The van der Waals surface area contributed by atoms with E-state index in [0.29, 0.717) is 0 Å². The van der Waals surface area contributed by atoms with Gasteiger partial charge in [0.05, 0.1) is 5.69 Å². The van der Waals surface area contributed by atoms with Gasteiger partial charge < -0.3 is 0 Å². The average Bonchev–Trinajstić information content (AvgIpc) is 1.91. The molecule has 1 aromatic rings. The Balaban J connectivity index is 2.98. The highest BCUT2D eigenvalue weighted by Gasteiger charge is 2.05. The third kappa shape index (κ3) is 2.65. The molecule has 0 amide bonds. The lowest BCUT2D eigenvalue weighted by Crippen LogP contribution is -2.21.